The summed E-state index contributed by atoms with van der Waals surface area (Å²) < 4.78 is 0. The molecule has 0 saturated heterocycles. The highest BCUT2D eigenvalue weighted by Gasteiger charge is 2.06. The highest BCUT2D eigenvalue weighted by molar-refractivity contribution is 7.80. The molecule has 0 atom stereocenters. The SMILES string of the molecule is NC(=S)N/N=C/c1cc(Cl)c2nc(-c3ccccc3)ccc2c1. The van der Waals surface area contributed by atoms with E-state index in [0.717, 1.165) is 27.7 Å². The number of nitrogens with zero attached hydrogens (tertiary/aromatic N) is 2. The first-order chi connectivity index (χ1) is 11.1. The van der Waals surface area contributed by atoms with Crippen LogP contribution in [0.5, 0.6) is 0 Å². The molecule has 3 aromatic rings. The maximum atomic E-state index is 6.37. The largest absolute Gasteiger partial charge is 0.375 e. The maximum Gasteiger partial charge on any atom is 0.184 e. The summed E-state index contributed by atoms with van der Waals surface area (Å²) in [5.74, 6) is 0. The number of aromatic nitrogens is 1. The van der Waals surface area contributed by atoms with E-state index in [0.29, 0.717) is 5.02 Å². The van der Waals surface area contributed by atoms with E-state index in [2.05, 4.69) is 15.5 Å². The Hall–Kier alpha value is -2.50. The zero-order valence-corrected chi connectivity index (χ0v) is 13.6. The van der Waals surface area contributed by atoms with E-state index in [1.54, 1.807) is 12.3 Å². The van der Waals surface area contributed by atoms with Crippen molar-refractivity contribution < 1.29 is 0 Å². The van der Waals surface area contributed by atoms with Crippen LogP contribution < -0.4 is 11.2 Å². The number of rotatable bonds is 3. The number of hydrogen-bond donors (Lipinski definition) is 2. The Labute approximate surface area is 144 Å². The molecule has 3 N–H and O–H groups in total. The van der Waals surface area contributed by atoms with Crippen molar-refractivity contribution in [2.75, 3.05) is 0 Å². The van der Waals surface area contributed by atoms with Crippen LogP contribution in [0.25, 0.3) is 22.2 Å². The van der Waals surface area contributed by atoms with Gasteiger partial charge >= 0.3 is 0 Å². The third-order valence-corrected chi connectivity index (χ3v) is 3.61. The van der Waals surface area contributed by atoms with E-state index >= 15 is 0 Å². The number of hydrogen-bond acceptors (Lipinski definition) is 3. The van der Waals surface area contributed by atoms with Crippen molar-refractivity contribution >= 4 is 46.0 Å². The number of nitrogens with one attached hydrogen (secondary N) is 1. The van der Waals surface area contributed by atoms with Crippen LogP contribution >= 0.6 is 23.8 Å². The van der Waals surface area contributed by atoms with Crippen molar-refractivity contribution in [1.29, 1.82) is 0 Å². The van der Waals surface area contributed by atoms with Crippen molar-refractivity contribution in [3.05, 3.63) is 65.2 Å². The average Bonchev–Trinajstić information content (AvgIpc) is 2.55. The predicted molar refractivity (Wildman–Crippen MR) is 99.7 cm³/mol. The number of halogens is 1. The molecule has 0 saturated carbocycles. The molecule has 1 aromatic heterocycles. The van der Waals surface area contributed by atoms with E-state index in [1.165, 1.54) is 0 Å². The molecule has 0 radical (unpaired) electrons. The Morgan fingerprint density at radius 3 is 2.70 bits per heavy atom. The molecule has 0 bridgehead atoms. The predicted octanol–water partition coefficient (Wildman–Crippen LogP) is 3.72. The Morgan fingerprint density at radius 2 is 1.96 bits per heavy atom. The van der Waals surface area contributed by atoms with Gasteiger partial charge in [0.15, 0.2) is 5.11 Å². The summed E-state index contributed by atoms with van der Waals surface area (Å²) in [7, 11) is 0. The minimum Gasteiger partial charge on any atom is -0.375 e. The number of pyridine rings is 1. The first-order valence-corrected chi connectivity index (χ1v) is 7.66. The van der Waals surface area contributed by atoms with Crippen molar-refractivity contribution in [1.82, 2.24) is 10.4 Å². The molecule has 0 fully saturated rings. The van der Waals surface area contributed by atoms with Gasteiger partial charge in [-0.3, -0.25) is 5.43 Å². The topological polar surface area (TPSA) is 63.3 Å². The number of fused-ring (bicyclic) bond motifs is 1. The molecule has 114 valence electrons. The fourth-order valence-electron chi connectivity index (χ4n) is 2.23. The molecule has 0 unspecified atom stereocenters. The van der Waals surface area contributed by atoms with Gasteiger partial charge in [0.1, 0.15) is 0 Å². The molecule has 2 aromatic carbocycles. The normalized spacial score (nSPS) is 11.0. The van der Waals surface area contributed by atoms with E-state index in [9.17, 15) is 0 Å². The highest BCUT2D eigenvalue weighted by atomic mass is 35.5. The fraction of sp³-hybridized carbons (Fsp3) is 0. The quantitative estimate of drug-likeness (QED) is 0.433. The van der Waals surface area contributed by atoms with E-state index < -0.39 is 0 Å². The first kappa shape index (κ1) is 15.4. The molecule has 3 rings (SSSR count). The standard InChI is InChI=1S/C17H13ClN4S/c18-14-9-11(10-20-22-17(19)23)8-13-6-7-15(21-16(13)14)12-4-2-1-3-5-12/h1-10H,(H3,19,22,23)/b20-10+. The van der Waals surface area contributed by atoms with Gasteiger partial charge < -0.3 is 5.73 Å². The highest BCUT2D eigenvalue weighted by Crippen LogP contribution is 2.26. The van der Waals surface area contributed by atoms with Crippen LogP contribution in [0.15, 0.2) is 59.7 Å². The number of thiocarbonyl (C=S) groups is 1. The van der Waals surface area contributed by atoms with Crippen LogP contribution in [0.3, 0.4) is 0 Å². The van der Waals surface area contributed by atoms with Gasteiger partial charge in [0, 0.05) is 10.9 Å². The van der Waals surface area contributed by atoms with Gasteiger partial charge in [-0.15, -0.1) is 0 Å². The Kier molecular flexibility index (Phi) is 4.50. The van der Waals surface area contributed by atoms with Gasteiger partial charge in [0.05, 0.1) is 22.4 Å². The van der Waals surface area contributed by atoms with Crippen LogP contribution in [0.1, 0.15) is 5.56 Å². The lowest BCUT2D eigenvalue weighted by Gasteiger charge is -2.06. The second-order valence-corrected chi connectivity index (χ2v) is 5.72. The number of hydrazone groups is 1. The molecule has 0 spiro atoms. The molecule has 4 nitrogen and oxygen atoms in total. The van der Waals surface area contributed by atoms with Crippen LogP contribution in [-0.4, -0.2) is 16.3 Å². The first-order valence-electron chi connectivity index (χ1n) is 6.88. The Morgan fingerprint density at radius 1 is 1.17 bits per heavy atom. The Balaban J connectivity index is 2.00. The molecule has 0 aliphatic rings. The summed E-state index contributed by atoms with van der Waals surface area (Å²) in [6.45, 7) is 0. The van der Waals surface area contributed by atoms with Crippen LogP contribution in [-0.2, 0) is 0 Å². The summed E-state index contributed by atoms with van der Waals surface area (Å²) in [4.78, 5) is 4.66. The van der Waals surface area contributed by atoms with Gasteiger partial charge in [0.2, 0.25) is 0 Å². The third kappa shape index (κ3) is 3.64. The molecular formula is C17H13ClN4S. The Bertz CT molecular complexity index is 894. The van der Waals surface area contributed by atoms with Gasteiger partial charge in [-0.05, 0) is 36.0 Å². The smallest absolute Gasteiger partial charge is 0.184 e. The van der Waals surface area contributed by atoms with E-state index in [4.69, 9.17) is 29.6 Å². The van der Waals surface area contributed by atoms with E-state index in [1.807, 2.05) is 48.5 Å². The zero-order chi connectivity index (χ0) is 16.2. The van der Waals surface area contributed by atoms with Crippen molar-refractivity contribution in [2.24, 2.45) is 10.8 Å². The summed E-state index contributed by atoms with van der Waals surface area (Å²) in [5, 5.41) is 5.55. The molecular weight excluding hydrogens is 328 g/mol. The van der Waals surface area contributed by atoms with Crippen molar-refractivity contribution in [2.45, 2.75) is 0 Å². The van der Waals surface area contributed by atoms with Gasteiger partial charge in [-0.1, -0.05) is 48.0 Å². The molecule has 0 aliphatic carbocycles. The van der Waals surface area contributed by atoms with Crippen molar-refractivity contribution in [3.8, 4) is 11.3 Å². The number of nitrogens with two attached hydrogens (primary N) is 1. The second-order valence-electron chi connectivity index (χ2n) is 4.87. The maximum absolute atomic E-state index is 6.37. The van der Waals surface area contributed by atoms with E-state index in [-0.39, 0.29) is 5.11 Å². The van der Waals surface area contributed by atoms with Crippen molar-refractivity contribution in [3.63, 3.8) is 0 Å². The zero-order valence-electron chi connectivity index (χ0n) is 12.0. The number of benzene rings is 2. The molecule has 0 aliphatic heterocycles. The second kappa shape index (κ2) is 6.73. The van der Waals surface area contributed by atoms with Crippen LogP contribution in [0.4, 0.5) is 0 Å². The molecule has 1 heterocycles. The van der Waals surface area contributed by atoms with Gasteiger partial charge in [0.25, 0.3) is 0 Å². The molecule has 23 heavy (non-hydrogen) atoms. The lowest BCUT2D eigenvalue weighted by molar-refractivity contribution is 1.04. The minimum atomic E-state index is 0.113. The van der Waals surface area contributed by atoms with Crippen LogP contribution in [0, 0.1) is 0 Å². The summed E-state index contributed by atoms with van der Waals surface area (Å²) in [6.07, 6.45) is 1.61. The average molecular weight is 341 g/mol. The summed E-state index contributed by atoms with van der Waals surface area (Å²) >= 11 is 11.1. The summed E-state index contributed by atoms with van der Waals surface area (Å²) in [5.41, 5.74) is 11.4. The third-order valence-electron chi connectivity index (χ3n) is 3.23. The van der Waals surface area contributed by atoms with Crippen LogP contribution in [0.2, 0.25) is 5.02 Å². The molecule has 6 heteroatoms. The lowest BCUT2D eigenvalue weighted by Crippen LogP contribution is -2.23. The monoisotopic (exact) mass is 340 g/mol. The fourth-order valence-corrected chi connectivity index (χ4v) is 2.56. The van der Waals surface area contributed by atoms with Gasteiger partial charge in [-0.2, -0.15) is 5.10 Å². The lowest BCUT2D eigenvalue weighted by atomic mass is 10.1. The summed E-state index contributed by atoms with van der Waals surface area (Å²) in [6, 6.07) is 17.7. The minimum absolute atomic E-state index is 0.113. The van der Waals surface area contributed by atoms with Gasteiger partial charge in [-0.25, -0.2) is 4.98 Å². The molecule has 0 amide bonds.